The van der Waals surface area contributed by atoms with E-state index < -0.39 is 15.9 Å². The Balaban J connectivity index is 1.37. The molecule has 1 amide bonds. The number of sulfonamides is 1. The number of aromatic nitrogens is 1. The summed E-state index contributed by atoms with van der Waals surface area (Å²) in [5, 5.41) is 3.83. The summed E-state index contributed by atoms with van der Waals surface area (Å²) in [5.74, 6) is -0.399. The molecule has 10 heteroatoms. The topological polar surface area (TPSA) is 79.4 Å². The molecular weight excluding hydrogens is 501 g/mol. The van der Waals surface area contributed by atoms with Gasteiger partial charge in [-0.25, -0.2) is 13.4 Å². The number of nitrogens with one attached hydrogen (secondary N) is 1. The predicted molar refractivity (Wildman–Crippen MR) is 133 cm³/mol. The van der Waals surface area contributed by atoms with E-state index in [1.165, 1.54) is 39.9 Å². The van der Waals surface area contributed by atoms with Gasteiger partial charge in [-0.1, -0.05) is 52.7 Å². The predicted octanol–water partition coefficient (Wildman–Crippen LogP) is 6.00. The number of benzene rings is 3. The Labute approximate surface area is 204 Å². The van der Waals surface area contributed by atoms with Crippen molar-refractivity contribution >= 4 is 71.5 Å². The van der Waals surface area contributed by atoms with Crippen molar-refractivity contribution in [2.24, 2.45) is 0 Å². The normalized spacial score (nSPS) is 13.7. The van der Waals surface area contributed by atoms with Crippen molar-refractivity contribution in [2.45, 2.75) is 17.7 Å². The molecule has 5 rings (SSSR count). The highest BCUT2D eigenvalue weighted by Crippen LogP contribution is 2.35. The lowest BCUT2D eigenvalue weighted by atomic mass is 10.0. The van der Waals surface area contributed by atoms with Gasteiger partial charge in [0.25, 0.3) is 15.9 Å². The second kappa shape index (κ2) is 8.61. The number of carbonyl (C=O) groups is 1. The number of halogens is 2. The molecule has 1 N–H and O–H groups in total. The molecule has 0 saturated carbocycles. The van der Waals surface area contributed by atoms with E-state index in [0.717, 1.165) is 23.1 Å². The molecule has 1 aliphatic heterocycles. The minimum absolute atomic E-state index is 0.136. The number of aryl methyl sites for hydroxylation is 1. The van der Waals surface area contributed by atoms with Crippen LogP contribution in [0, 0.1) is 0 Å². The lowest BCUT2D eigenvalue weighted by Gasteiger charge is -2.30. The zero-order chi connectivity index (χ0) is 23.2. The van der Waals surface area contributed by atoms with Gasteiger partial charge in [0.2, 0.25) is 0 Å². The molecule has 1 aromatic heterocycles. The summed E-state index contributed by atoms with van der Waals surface area (Å²) in [4.78, 5) is 17.2. The first-order valence-corrected chi connectivity index (χ1v) is 13.1. The summed E-state index contributed by atoms with van der Waals surface area (Å²) >= 11 is 13.5. The second-order valence-electron chi connectivity index (χ2n) is 7.52. The number of thiazole rings is 1. The zero-order valence-corrected chi connectivity index (χ0v) is 20.2. The van der Waals surface area contributed by atoms with E-state index in [9.17, 15) is 13.2 Å². The van der Waals surface area contributed by atoms with Crippen LogP contribution >= 0.6 is 34.5 Å². The third-order valence-electron chi connectivity index (χ3n) is 5.44. The van der Waals surface area contributed by atoms with Crippen molar-refractivity contribution in [1.82, 2.24) is 4.98 Å². The Morgan fingerprint density at radius 3 is 2.58 bits per heavy atom. The van der Waals surface area contributed by atoms with Crippen LogP contribution in [0.5, 0.6) is 0 Å². The molecule has 0 bridgehead atoms. The number of hydrogen-bond acceptors (Lipinski definition) is 5. The van der Waals surface area contributed by atoms with Crippen LogP contribution in [0.2, 0.25) is 10.0 Å². The van der Waals surface area contributed by atoms with Gasteiger partial charge in [-0.05, 0) is 60.9 Å². The first kappa shape index (κ1) is 22.2. The summed E-state index contributed by atoms with van der Waals surface area (Å²) in [6, 6.07) is 16.9. The number of amides is 1. The van der Waals surface area contributed by atoms with Gasteiger partial charge in [-0.3, -0.25) is 14.4 Å². The summed E-state index contributed by atoms with van der Waals surface area (Å²) in [7, 11) is -3.74. The number of anilines is 2. The molecule has 0 atom stereocenters. The first-order valence-electron chi connectivity index (χ1n) is 10.1. The summed E-state index contributed by atoms with van der Waals surface area (Å²) in [6.07, 6.45) is 1.61. The van der Waals surface area contributed by atoms with Crippen LogP contribution in [0.3, 0.4) is 0 Å². The van der Waals surface area contributed by atoms with Gasteiger partial charge in [0.05, 0.1) is 25.3 Å². The van der Waals surface area contributed by atoms with Gasteiger partial charge < -0.3 is 0 Å². The van der Waals surface area contributed by atoms with E-state index in [1.807, 2.05) is 24.3 Å². The quantitative estimate of drug-likeness (QED) is 0.360. The SMILES string of the molecule is O=C(Nc1nc2c(Cl)c(Cl)ccc2s1)c1ccc(S(=O)(=O)N2CCCc3ccccc32)cc1. The van der Waals surface area contributed by atoms with Crippen molar-refractivity contribution in [2.75, 3.05) is 16.2 Å². The Bertz CT molecular complexity index is 1480. The largest absolute Gasteiger partial charge is 0.298 e. The minimum Gasteiger partial charge on any atom is -0.298 e. The van der Waals surface area contributed by atoms with Crippen LogP contribution in [0.4, 0.5) is 10.8 Å². The van der Waals surface area contributed by atoms with Crippen molar-refractivity contribution < 1.29 is 13.2 Å². The van der Waals surface area contributed by atoms with E-state index in [2.05, 4.69) is 10.3 Å². The molecular formula is C23H17Cl2N3O3S2. The summed E-state index contributed by atoms with van der Waals surface area (Å²) in [5.41, 5.74) is 2.56. The van der Waals surface area contributed by atoms with Crippen LogP contribution in [-0.2, 0) is 16.4 Å². The molecule has 0 aliphatic carbocycles. The number of hydrogen-bond donors (Lipinski definition) is 1. The van der Waals surface area contributed by atoms with Crippen molar-refractivity contribution in [3.8, 4) is 0 Å². The van der Waals surface area contributed by atoms with Crippen LogP contribution in [-0.4, -0.2) is 25.9 Å². The monoisotopic (exact) mass is 517 g/mol. The smallest absolute Gasteiger partial charge is 0.264 e. The van der Waals surface area contributed by atoms with Gasteiger partial charge in [-0.15, -0.1) is 0 Å². The molecule has 6 nitrogen and oxygen atoms in total. The van der Waals surface area contributed by atoms with E-state index in [0.29, 0.717) is 38.5 Å². The molecule has 0 saturated heterocycles. The van der Waals surface area contributed by atoms with E-state index in [1.54, 1.807) is 12.1 Å². The molecule has 2 heterocycles. The number of fused-ring (bicyclic) bond motifs is 2. The van der Waals surface area contributed by atoms with Gasteiger partial charge >= 0.3 is 0 Å². The van der Waals surface area contributed by atoms with E-state index in [4.69, 9.17) is 23.2 Å². The van der Waals surface area contributed by atoms with Crippen LogP contribution in [0.25, 0.3) is 10.2 Å². The molecule has 3 aromatic carbocycles. The molecule has 0 radical (unpaired) electrons. The van der Waals surface area contributed by atoms with Crippen molar-refractivity contribution in [3.63, 3.8) is 0 Å². The Morgan fingerprint density at radius 2 is 1.79 bits per heavy atom. The maximum atomic E-state index is 13.3. The van der Waals surface area contributed by atoms with Gasteiger partial charge in [0.1, 0.15) is 5.52 Å². The third-order valence-corrected chi connectivity index (χ3v) is 9.00. The van der Waals surface area contributed by atoms with Crippen molar-refractivity contribution in [1.29, 1.82) is 0 Å². The minimum atomic E-state index is -3.74. The third kappa shape index (κ3) is 4.08. The highest BCUT2D eigenvalue weighted by Gasteiger charge is 2.29. The van der Waals surface area contributed by atoms with Gasteiger partial charge in [0, 0.05) is 12.1 Å². The molecule has 33 heavy (non-hydrogen) atoms. The van der Waals surface area contributed by atoms with Crippen LogP contribution < -0.4 is 9.62 Å². The summed E-state index contributed by atoms with van der Waals surface area (Å²) < 4.78 is 28.8. The fourth-order valence-electron chi connectivity index (χ4n) is 3.81. The molecule has 4 aromatic rings. The van der Waals surface area contributed by atoms with E-state index >= 15 is 0 Å². The number of nitrogens with zero attached hydrogens (tertiary/aromatic N) is 2. The molecule has 1 aliphatic rings. The molecule has 0 unspecified atom stereocenters. The summed E-state index contributed by atoms with van der Waals surface area (Å²) in [6.45, 7) is 0.422. The lowest BCUT2D eigenvalue weighted by Crippen LogP contribution is -2.35. The molecule has 0 fully saturated rings. The standard InChI is InChI=1S/C23H17Cl2N3O3S2/c24-17-11-12-19-21(20(17)25)26-23(32-19)27-22(29)15-7-9-16(10-8-15)33(30,31)28-13-3-5-14-4-1-2-6-18(14)28/h1-2,4,6-12H,3,5,13H2,(H,26,27,29). The molecule has 0 spiro atoms. The van der Waals surface area contributed by atoms with Crippen LogP contribution in [0.15, 0.2) is 65.6 Å². The lowest BCUT2D eigenvalue weighted by molar-refractivity contribution is 0.102. The Morgan fingerprint density at radius 1 is 1.03 bits per heavy atom. The number of carbonyl (C=O) groups excluding carboxylic acids is 1. The second-order valence-corrected chi connectivity index (χ2v) is 11.2. The van der Waals surface area contributed by atoms with E-state index in [-0.39, 0.29) is 4.90 Å². The Hall–Kier alpha value is -2.65. The average Bonchev–Trinajstić information content (AvgIpc) is 3.24. The van der Waals surface area contributed by atoms with Gasteiger partial charge in [0.15, 0.2) is 5.13 Å². The average molecular weight is 518 g/mol. The van der Waals surface area contributed by atoms with Gasteiger partial charge in [-0.2, -0.15) is 0 Å². The number of para-hydroxylation sites is 1. The highest BCUT2D eigenvalue weighted by molar-refractivity contribution is 7.92. The number of rotatable bonds is 4. The maximum Gasteiger partial charge on any atom is 0.264 e. The van der Waals surface area contributed by atoms with Crippen LogP contribution in [0.1, 0.15) is 22.3 Å². The first-order chi connectivity index (χ1) is 15.8. The Kier molecular flexibility index (Phi) is 5.78. The zero-order valence-electron chi connectivity index (χ0n) is 17.1. The fourth-order valence-corrected chi connectivity index (χ4v) is 6.64. The van der Waals surface area contributed by atoms with Crippen molar-refractivity contribution in [3.05, 3.63) is 81.8 Å². The highest BCUT2D eigenvalue weighted by atomic mass is 35.5. The molecule has 168 valence electrons. The maximum absolute atomic E-state index is 13.3. The fraction of sp³-hybridized carbons (Fsp3) is 0.130.